The molecule has 124 valence electrons. The van der Waals surface area contributed by atoms with Crippen molar-refractivity contribution in [1.29, 1.82) is 0 Å². The van der Waals surface area contributed by atoms with Crippen molar-refractivity contribution in [3.63, 3.8) is 0 Å². The summed E-state index contributed by atoms with van der Waals surface area (Å²) in [4.78, 5) is 11.2. The van der Waals surface area contributed by atoms with E-state index in [0.717, 1.165) is 11.1 Å². The summed E-state index contributed by atoms with van der Waals surface area (Å²) in [5.41, 5.74) is 3.05. The van der Waals surface area contributed by atoms with Crippen LogP contribution in [0.5, 0.6) is 5.75 Å². The first-order chi connectivity index (χ1) is 11.4. The van der Waals surface area contributed by atoms with Crippen molar-refractivity contribution < 1.29 is 14.6 Å². The standard InChI is InChI=1S/C16H15ClN4O3/c1-4-24-12-6-5-10(7-11(12)17)13-8(2)20-21-9(3)14(16(22)23)18-19-15(13)21/h5-7H,4H2,1-3H3,(H,22,23). The molecule has 0 aliphatic heterocycles. The van der Waals surface area contributed by atoms with Crippen molar-refractivity contribution in [1.82, 2.24) is 19.8 Å². The third kappa shape index (κ3) is 2.56. The Kier molecular flexibility index (Phi) is 4.11. The molecule has 1 aromatic carbocycles. The van der Waals surface area contributed by atoms with Crippen LogP contribution in [0.4, 0.5) is 0 Å². The number of ether oxygens (including phenoxy) is 1. The van der Waals surface area contributed by atoms with Crippen LogP contribution in [-0.2, 0) is 0 Å². The highest BCUT2D eigenvalue weighted by Gasteiger charge is 2.20. The molecule has 0 saturated carbocycles. The minimum absolute atomic E-state index is 0.124. The van der Waals surface area contributed by atoms with Crippen molar-refractivity contribution in [3.8, 4) is 16.9 Å². The first-order valence-corrected chi connectivity index (χ1v) is 7.70. The Balaban J connectivity index is 2.20. The van der Waals surface area contributed by atoms with Gasteiger partial charge in [-0.3, -0.25) is 0 Å². The molecule has 0 bridgehead atoms. The van der Waals surface area contributed by atoms with E-state index in [0.29, 0.717) is 34.4 Å². The molecule has 8 heteroatoms. The van der Waals surface area contributed by atoms with E-state index in [2.05, 4.69) is 15.3 Å². The fourth-order valence-electron chi connectivity index (χ4n) is 2.58. The Morgan fingerprint density at radius 1 is 1.33 bits per heavy atom. The average molecular weight is 347 g/mol. The van der Waals surface area contributed by atoms with Crippen molar-refractivity contribution in [2.24, 2.45) is 0 Å². The maximum absolute atomic E-state index is 11.2. The molecular formula is C16H15ClN4O3. The fraction of sp³-hybridized carbons (Fsp3) is 0.250. The highest BCUT2D eigenvalue weighted by molar-refractivity contribution is 6.32. The normalized spacial score (nSPS) is 11.0. The third-order valence-corrected chi connectivity index (χ3v) is 3.96. The quantitative estimate of drug-likeness (QED) is 0.780. The van der Waals surface area contributed by atoms with Gasteiger partial charge in [0.25, 0.3) is 0 Å². The monoisotopic (exact) mass is 346 g/mol. The molecule has 24 heavy (non-hydrogen) atoms. The predicted molar refractivity (Wildman–Crippen MR) is 88.8 cm³/mol. The summed E-state index contributed by atoms with van der Waals surface area (Å²) in [7, 11) is 0. The van der Waals surface area contributed by atoms with E-state index < -0.39 is 5.97 Å². The van der Waals surface area contributed by atoms with Gasteiger partial charge in [0.1, 0.15) is 5.75 Å². The van der Waals surface area contributed by atoms with Gasteiger partial charge in [0.2, 0.25) is 0 Å². The zero-order valence-corrected chi connectivity index (χ0v) is 14.1. The molecule has 2 heterocycles. The highest BCUT2D eigenvalue weighted by atomic mass is 35.5. The number of carboxylic acids is 1. The Hall–Kier alpha value is -2.67. The summed E-state index contributed by atoms with van der Waals surface area (Å²) in [6.07, 6.45) is 0. The Labute approximate surface area is 142 Å². The van der Waals surface area contributed by atoms with E-state index in [9.17, 15) is 4.79 Å². The van der Waals surface area contributed by atoms with E-state index in [1.54, 1.807) is 19.1 Å². The molecule has 1 N–H and O–H groups in total. The lowest BCUT2D eigenvalue weighted by Crippen LogP contribution is -2.10. The van der Waals surface area contributed by atoms with E-state index in [-0.39, 0.29) is 5.69 Å². The number of benzene rings is 1. The first kappa shape index (κ1) is 16.2. The molecule has 3 aromatic rings. The molecule has 0 saturated heterocycles. The number of aromatic carboxylic acids is 1. The van der Waals surface area contributed by atoms with Crippen LogP contribution < -0.4 is 4.74 Å². The van der Waals surface area contributed by atoms with Crippen LogP contribution in [0, 0.1) is 13.8 Å². The molecule has 0 fully saturated rings. The van der Waals surface area contributed by atoms with Gasteiger partial charge in [-0.05, 0) is 38.5 Å². The number of hydrogen-bond acceptors (Lipinski definition) is 5. The summed E-state index contributed by atoms with van der Waals surface area (Å²) >= 11 is 6.26. The van der Waals surface area contributed by atoms with Crippen LogP contribution >= 0.6 is 11.6 Å². The molecule has 0 spiro atoms. The molecule has 7 nitrogen and oxygen atoms in total. The highest BCUT2D eigenvalue weighted by Crippen LogP contribution is 2.33. The van der Waals surface area contributed by atoms with E-state index >= 15 is 0 Å². The zero-order valence-electron chi connectivity index (χ0n) is 13.4. The largest absolute Gasteiger partial charge is 0.492 e. The Morgan fingerprint density at radius 3 is 2.71 bits per heavy atom. The van der Waals surface area contributed by atoms with Crippen molar-refractivity contribution >= 4 is 23.2 Å². The predicted octanol–water partition coefficient (Wildman–Crippen LogP) is 3.16. The van der Waals surface area contributed by atoms with Gasteiger partial charge in [-0.2, -0.15) is 5.10 Å². The molecule has 2 aromatic heterocycles. The summed E-state index contributed by atoms with van der Waals surface area (Å²) < 4.78 is 6.93. The summed E-state index contributed by atoms with van der Waals surface area (Å²) in [6, 6.07) is 5.43. The third-order valence-electron chi connectivity index (χ3n) is 3.66. The first-order valence-electron chi connectivity index (χ1n) is 7.32. The molecule has 0 amide bonds. The van der Waals surface area contributed by atoms with Crippen molar-refractivity contribution in [2.75, 3.05) is 6.61 Å². The number of halogens is 1. The molecule has 0 atom stereocenters. The van der Waals surface area contributed by atoms with Gasteiger partial charge in [0.05, 0.1) is 28.6 Å². The number of rotatable bonds is 4. The second kappa shape index (κ2) is 6.09. The summed E-state index contributed by atoms with van der Waals surface area (Å²) in [5, 5.41) is 21.9. The van der Waals surface area contributed by atoms with Gasteiger partial charge in [0.15, 0.2) is 11.3 Å². The second-order valence-electron chi connectivity index (χ2n) is 5.21. The zero-order chi connectivity index (χ0) is 17.4. The SMILES string of the molecule is CCOc1ccc(-c2c(C)nn3c(C)c(C(=O)O)nnc23)cc1Cl. The maximum atomic E-state index is 11.2. The van der Waals surface area contributed by atoms with Gasteiger partial charge in [-0.25, -0.2) is 9.31 Å². The number of carboxylic acid groups (broad SMARTS) is 1. The summed E-state index contributed by atoms with van der Waals surface area (Å²) in [5.74, 6) is -0.534. The fourth-order valence-corrected chi connectivity index (χ4v) is 2.81. The van der Waals surface area contributed by atoms with Gasteiger partial charge in [-0.15, -0.1) is 10.2 Å². The van der Waals surface area contributed by atoms with Crippen LogP contribution in [-0.4, -0.2) is 37.5 Å². The van der Waals surface area contributed by atoms with Gasteiger partial charge in [0, 0.05) is 0 Å². The van der Waals surface area contributed by atoms with Crippen LogP contribution in [0.15, 0.2) is 18.2 Å². The number of aryl methyl sites for hydroxylation is 2. The van der Waals surface area contributed by atoms with E-state index in [1.807, 2.05) is 19.9 Å². The van der Waals surface area contributed by atoms with Gasteiger partial charge in [-0.1, -0.05) is 17.7 Å². The van der Waals surface area contributed by atoms with Crippen LogP contribution in [0.3, 0.4) is 0 Å². The number of nitrogens with zero attached hydrogens (tertiary/aromatic N) is 4. The second-order valence-corrected chi connectivity index (χ2v) is 5.62. The topological polar surface area (TPSA) is 89.6 Å². The molecule has 3 rings (SSSR count). The number of aromatic nitrogens is 4. The van der Waals surface area contributed by atoms with Crippen molar-refractivity contribution in [2.45, 2.75) is 20.8 Å². The lowest BCUT2D eigenvalue weighted by atomic mass is 10.1. The molecule has 0 unspecified atom stereocenters. The minimum atomic E-state index is -1.14. The minimum Gasteiger partial charge on any atom is -0.492 e. The van der Waals surface area contributed by atoms with E-state index in [4.69, 9.17) is 21.4 Å². The van der Waals surface area contributed by atoms with Gasteiger partial charge >= 0.3 is 5.97 Å². The smallest absolute Gasteiger partial charge is 0.358 e. The molecule has 0 radical (unpaired) electrons. The van der Waals surface area contributed by atoms with Crippen molar-refractivity contribution in [3.05, 3.63) is 40.3 Å². The Bertz CT molecular complexity index is 952. The molecule has 0 aliphatic rings. The lowest BCUT2D eigenvalue weighted by molar-refractivity contribution is 0.0687. The molecule has 0 aliphatic carbocycles. The van der Waals surface area contributed by atoms with Gasteiger partial charge < -0.3 is 9.84 Å². The maximum Gasteiger partial charge on any atom is 0.358 e. The molecular weight excluding hydrogens is 332 g/mol. The van der Waals surface area contributed by atoms with Crippen LogP contribution in [0.2, 0.25) is 5.02 Å². The van der Waals surface area contributed by atoms with E-state index in [1.165, 1.54) is 4.52 Å². The average Bonchev–Trinajstić information content (AvgIpc) is 2.86. The van der Waals surface area contributed by atoms with Crippen LogP contribution in [0.1, 0.15) is 28.8 Å². The summed E-state index contributed by atoms with van der Waals surface area (Å²) in [6.45, 7) is 5.89. The van der Waals surface area contributed by atoms with Crippen LogP contribution in [0.25, 0.3) is 16.8 Å². The Morgan fingerprint density at radius 2 is 2.08 bits per heavy atom. The lowest BCUT2D eigenvalue weighted by Gasteiger charge is -2.08. The number of carbonyl (C=O) groups is 1. The number of hydrogen-bond donors (Lipinski definition) is 1. The number of fused-ring (bicyclic) bond motifs is 1.